The van der Waals surface area contributed by atoms with Gasteiger partial charge in [0.05, 0.1) is 10.9 Å². The predicted molar refractivity (Wildman–Crippen MR) is 80.2 cm³/mol. The zero-order valence-electron chi connectivity index (χ0n) is 11.6. The molecular weight excluding hydrogens is 276 g/mol. The first-order valence-electron chi connectivity index (χ1n) is 5.92. The van der Waals surface area contributed by atoms with Crippen molar-refractivity contribution in [3.05, 3.63) is 52.1 Å². The number of aliphatic hydroxyl groups excluding tert-OH is 3. The maximum Gasteiger partial charge on any atom is 0.200 e. The van der Waals surface area contributed by atoms with Gasteiger partial charge in [-0.05, 0) is 19.1 Å². The zero-order chi connectivity index (χ0) is 16.2. The first kappa shape index (κ1) is 16.3. The van der Waals surface area contributed by atoms with E-state index in [-0.39, 0.29) is 33.8 Å². The van der Waals surface area contributed by atoms with Gasteiger partial charge >= 0.3 is 0 Å². The molecule has 21 heavy (non-hydrogen) atoms. The topological polar surface area (TPSA) is 111 Å². The molecule has 6 heteroatoms. The summed E-state index contributed by atoms with van der Waals surface area (Å²) >= 11 is 0. The van der Waals surface area contributed by atoms with E-state index in [1.165, 1.54) is 31.2 Å². The molecule has 1 heterocycles. The number of fused-ring (bicyclic) bond motifs is 1. The van der Waals surface area contributed by atoms with E-state index < -0.39 is 11.2 Å². The summed E-state index contributed by atoms with van der Waals surface area (Å²) in [5.74, 6) is -1.18. The number of aromatic hydroxyl groups is 1. The minimum absolute atomic E-state index is 0.0455. The molecule has 1 aromatic heterocycles. The lowest BCUT2D eigenvalue weighted by Crippen LogP contribution is -2.09. The van der Waals surface area contributed by atoms with Crippen molar-refractivity contribution in [2.24, 2.45) is 0 Å². The van der Waals surface area contributed by atoms with E-state index in [4.69, 9.17) is 9.52 Å². The van der Waals surface area contributed by atoms with E-state index >= 15 is 0 Å². The summed E-state index contributed by atoms with van der Waals surface area (Å²) < 4.78 is 5.37. The molecular formula is C15H16O6. The average molecular weight is 292 g/mol. The third-order valence-corrected chi connectivity index (χ3v) is 2.67. The first-order valence-corrected chi connectivity index (χ1v) is 5.92. The molecule has 0 aliphatic carbocycles. The van der Waals surface area contributed by atoms with Crippen LogP contribution in [0.4, 0.5) is 0 Å². The summed E-state index contributed by atoms with van der Waals surface area (Å²) in [5, 5.41) is 35.7. The lowest BCUT2D eigenvalue weighted by Gasteiger charge is -2.07. The van der Waals surface area contributed by atoms with Crippen molar-refractivity contribution in [1.82, 2.24) is 0 Å². The highest BCUT2D eigenvalue weighted by molar-refractivity contribution is 5.83. The quantitative estimate of drug-likeness (QED) is 0.633. The minimum atomic E-state index is -0.544. The fourth-order valence-electron chi connectivity index (χ4n) is 1.72. The van der Waals surface area contributed by atoms with Gasteiger partial charge in [-0.2, -0.15) is 0 Å². The normalized spacial score (nSPS) is 11.4. The third-order valence-electron chi connectivity index (χ3n) is 2.67. The molecule has 0 saturated carbocycles. The van der Waals surface area contributed by atoms with Crippen LogP contribution >= 0.6 is 0 Å². The summed E-state index contributed by atoms with van der Waals surface area (Å²) in [6, 6.07) is 4.03. The van der Waals surface area contributed by atoms with Crippen LogP contribution in [-0.2, 0) is 0 Å². The number of hydrogen-bond acceptors (Lipinski definition) is 6. The molecule has 0 unspecified atom stereocenters. The Morgan fingerprint density at radius 1 is 1.29 bits per heavy atom. The molecule has 6 nitrogen and oxygen atoms in total. The maximum absolute atomic E-state index is 12.2. The zero-order valence-corrected chi connectivity index (χ0v) is 11.6. The molecule has 1 aromatic carbocycles. The number of aliphatic hydroxyl groups is 3. The van der Waals surface area contributed by atoms with Crippen molar-refractivity contribution < 1.29 is 24.8 Å². The summed E-state index contributed by atoms with van der Waals surface area (Å²) in [7, 11) is 1.00. The van der Waals surface area contributed by atoms with E-state index in [0.29, 0.717) is 0 Å². The SMILES string of the molecule is C=Cc1c(/C(O)=C(\C)O)oc2cc(O)ccc2c1=O.CO. The summed E-state index contributed by atoms with van der Waals surface area (Å²) in [4.78, 5) is 12.2. The Hall–Kier alpha value is -2.73. The van der Waals surface area contributed by atoms with Gasteiger partial charge in [0.2, 0.25) is 5.43 Å². The van der Waals surface area contributed by atoms with Crippen LogP contribution in [-0.4, -0.2) is 27.5 Å². The Morgan fingerprint density at radius 3 is 2.43 bits per heavy atom. The lowest BCUT2D eigenvalue weighted by molar-refractivity contribution is 0.372. The van der Waals surface area contributed by atoms with Gasteiger partial charge in [0.15, 0.2) is 11.5 Å². The van der Waals surface area contributed by atoms with Gasteiger partial charge < -0.3 is 24.8 Å². The van der Waals surface area contributed by atoms with Crippen LogP contribution < -0.4 is 5.43 Å². The first-order chi connectivity index (χ1) is 9.95. The number of benzene rings is 1. The van der Waals surface area contributed by atoms with Gasteiger partial charge in [-0.15, -0.1) is 0 Å². The molecule has 0 saturated heterocycles. The number of hydrogen-bond donors (Lipinski definition) is 4. The van der Waals surface area contributed by atoms with Crippen molar-refractivity contribution in [3.63, 3.8) is 0 Å². The lowest BCUT2D eigenvalue weighted by atomic mass is 10.1. The molecule has 2 aromatic rings. The summed E-state index contributed by atoms with van der Waals surface area (Å²) in [6.45, 7) is 4.75. The number of rotatable bonds is 2. The van der Waals surface area contributed by atoms with Gasteiger partial charge in [-0.1, -0.05) is 12.7 Å². The fourth-order valence-corrected chi connectivity index (χ4v) is 1.72. The second-order valence-electron chi connectivity index (χ2n) is 3.99. The largest absolute Gasteiger partial charge is 0.509 e. The van der Waals surface area contributed by atoms with Crippen LogP contribution in [0.1, 0.15) is 18.2 Å². The second-order valence-corrected chi connectivity index (χ2v) is 3.99. The molecule has 0 aliphatic rings. The molecule has 0 radical (unpaired) electrons. The van der Waals surface area contributed by atoms with E-state index in [1.807, 2.05) is 0 Å². The molecule has 112 valence electrons. The van der Waals surface area contributed by atoms with E-state index in [9.17, 15) is 20.1 Å². The Balaban J connectivity index is 0.00000106. The molecule has 0 spiro atoms. The van der Waals surface area contributed by atoms with Crippen molar-refractivity contribution >= 4 is 22.8 Å². The van der Waals surface area contributed by atoms with Gasteiger partial charge in [-0.25, -0.2) is 0 Å². The molecule has 0 atom stereocenters. The monoisotopic (exact) mass is 292 g/mol. The minimum Gasteiger partial charge on any atom is -0.509 e. The molecule has 2 rings (SSSR count). The fraction of sp³-hybridized carbons (Fsp3) is 0.133. The molecule has 0 amide bonds. The van der Waals surface area contributed by atoms with Crippen molar-refractivity contribution in [1.29, 1.82) is 0 Å². The van der Waals surface area contributed by atoms with Crippen LogP contribution in [0.3, 0.4) is 0 Å². The highest BCUT2D eigenvalue weighted by Gasteiger charge is 2.17. The van der Waals surface area contributed by atoms with E-state index in [0.717, 1.165) is 7.11 Å². The highest BCUT2D eigenvalue weighted by atomic mass is 16.4. The average Bonchev–Trinajstić information content (AvgIpc) is 2.47. The number of allylic oxidation sites excluding steroid dienone is 1. The van der Waals surface area contributed by atoms with Gasteiger partial charge in [0, 0.05) is 13.2 Å². The second kappa shape index (κ2) is 6.62. The van der Waals surface area contributed by atoms with Crippen LogP contribution in [0.25, 0.3) is 22.8 Å². The summed E-state index contributed by atoms with van der Waals surface area (Å²) in [5.41, 5.74) is -0.249. The molecule has 0 bridgehead atoms. The van der Waals surface area contributed by atoms with Crippen molar-refractivity contribution in [2.75, 3.05) is 7.11 Å². The molecule has 0 aliphatic heterocycles. The smallest absolute Gasteiger partial charge is 0.200 e. The van der Waals surface area contributed by atoms with E-state index in [1.54, 1.807) is 0 Å². The van der Waals surface area contributed by atoms with Crippen LogP contribution in [0.15, 0.2) is 39.7 Å². The standard InChI is InChI=1S/C14H12O5.CH4O/c1-3-9-13(18)10-5-4-8(16)6-11(10)19-14(9)12(17)7(2)15;1-2/h3-6,15-17H,1H2,2H3;2H,1H3/b12-7-;. The van der Waals surface area contributed by atoms with Crippen LogP contribution in [0.5, 0.6) is 5.75 Å². The summed E-state index contributed by atoms with van der Waals surface area (Å²) in [6.07, 6.45) is 1.24. The van der Waals surface area contributed by atoms with Gasteiger partial charge in [-0.3, -0.25) is 4.79 Å². The highest BCUT2D eigenvalue weighted by Crippen LogP contribution is 2.25. The predicted octanol–water partition coefficient (Wildman–Crippen LogP) is 2.55. The Labute approximate surface area is 120 Å². The third kappa shape index (κ3) is 3.06. The van der Waals surface area contributed by atoms with E-state index in [2.05, 4.69) is 6.58 Å². The van der Waals surface area contributed by atoms with Crippen molar-refractivity contribution in [2.45, 2.75) is 6.92 Å². The van der Waals surface area contributed by atoms with Crippen LogP contribution in [0.2, 0.25) is 0 Å². The van der Waals surface area contributed by atoms with Gasteiger partial charge in [0.1, 0.15) is 17.1 Å². The molecule has 4 N–H and O–H groups in total. The maximum atomic E-state index is 12.2. The molecule has 0 fully saturated rings. The number of phenols is 1. The van der Waals surface area contributed by atoms with Crippen molar-refractivity contribution in [3.8, 4) is 5.75 Å². The van der Waals surface area contributed by atoms with Crippen LogP contribution in [0, 0.1) is 0 Å². The van der Waals surface area contributed by atoms with Gasteiger partial charge in [0.25, 0.3) is 0 Å². The Kier molecular flexibility index (Phi) is 5.15. The Bertz CT molecular complexity index is 751. The Morgan fingerprint density at radius 2 is 1.90 bits per heavy atom. The number of phenolic OH excluding ortho intramolecular Hbond substituents is 1.